The molecule has 0 aromatic carbocycles. The van der Waals surface area contributed by atoms with Crippen LogP contribution in [0.15, 0.2) is 12.2 Å². The lowest BCUT2D eigenvalue weighted by Gasteiger charge is -2.36. The summed E-state index contributed by atoms with van der Waals surface area (Å²) in [5.41, 5.74) is 0. The van der Waals surface area contributed by atoms with E-state index in [1.165, 1.54) is 13.0 Å². The van der Waals surface area contributed by atoms with Crippen LogP contribution in [0.3, 0.4) is 0 Å². The first kappa shape index (κ1) is 15.3. The van der Waals surface area contributed by atoms with E-state index < -0.39 is 18.5 Å². The summed E-state index contributed by atoms with van der Waals surface area (Å²) >= 11 is 0. The van der Waals surface area contributed by atoms with E-state index in [-0.39, 0.29) is 24.4 Å². The molecular formula is C13H22O5. The van der Waals surface area contributed by atoms with Crippen LogP contribution in [0.5, 0.6) is 0 Å². The fourth-order valence-electron chi connectivity index (χ4n) is 1.78. The van der Waals surface area contributed by atoms with Crippen molar-refractivity contribution in [2.75, 3.05) is 0 Å². The Hall–Kier alpha value is -0.750. The zero-order valence-electron chi connectivity index (χ0n) is 11.1. The number of aliphatic hydroxyl groups excluding tert-OH is 2. The molecule has 104 valence electrons. The van der Waals surface area contributed by atoms with Gasteiger partial charge in [-0.25, -0.2) is 0 Å². The van der Waals surface area contributed by atoms with Crippen molar-refractivity contribution in [3.63, 3.8) is 0 Å². The van der Waals surface area contributed by atoms with Crippen LogP contribution in [-0.2, 0) is 14.3 Å². The van der Waals surface area contributed by atoms with Crippen molar-refractivity contribution < 1.29 is 24.5 Å². The molecule has 1 saturated heterocycles. The zero-order valence-corrected chi connectivity index (χ0v) is 11.1. The lowest BCUT2D eigenvalue weighted by molar-refractivity contribution is -0.272. The quantitative estimate of drug-likeness (QED) is 0.713. The van der Waals surface area contributed by atoms with Crippen molar-refractivity contribution in [2.45, 2.75) is 64.3 Å². The van der Waals surface area contributed by atoms with Crippen molar-refractivity contribution in [2.24, 2.45) is 0 Å². The standard InChI is InChI=1S/C13H22O5/c1-8(14)5-4-6-9(2)17-13-12(16)7-11(15)10(3)18-13/h4-5,9-13,15-16H,6-7H2,1-3H3/t9-,10?,11-,12?,13-/m1/s1. The molecule has 0 spiro atoms. The topological polar surface area (TPSA) is 76.0 Å². The fourth-order valence-corrected chi connectivity index (χ4v) is 1.78. The summed E-state index contributed by atoms with van der Waals surface area (Å²) in [5, 5.41) is 19.3. The molecule has 0 amide bonds. The van der Waals surface area contributed by atoms with E-state index >= 15 is 0 Å². The number of carbonyl (C=O) groups is 1. The molecule has 5 nitrogen and oxygen atoms in total. The Morgan fingerprint density at radius 2 is 2.17 bits per heavy atom. The SMILES string of the molecule is CC(=O)C=CC[C@@H](C)O[C@@H]1OC(C)[C@H](O)CC1O. The highest BCUT2D eigenvalue weighted by atomic mass is 16.7. The Kier molecular flexibility index (Phi) is 5.95. The van der Waals surface area contributed by atoms with Crippen molar-refractivity contribution in [1.82, 2.24) is 0 Å². The summed E-state index contributed by atoms with van der Waals surface area (Å²) in [4.78, 5) is 10.7. The number of ether oxygens (including phenoxy) is 2. The Morgan fingerprint density at radius 1 is 1.50 bits per heavy atom. The van der Waals surface area contributed by atoms with Crippen molar-refractivity contribution in [3.8, 4) is 0 Å². The average Bonchev–Trinajstić information content (AvgIpc) is 2.25. The molecule has 5 heteroatoms. The number of aliphatic hydroxyl groups is 2. The fraction of sp³-hybridized carbons (Fsp3) is 0.769. The molecule has 1 aliphatic rings. The first-order chi connectivity index (χ1) is 8.40. The van der Waals surface area contributed by atoms with E-state index in [1.54, 1.807) is 13.0 Å². The van der Waals surface area contributed by atoms with Gasteiger partial charge in [-0.1, -0.05) is 6.08 Å². The largest absolute Gasteiger partial charge is 0.390 e. The maximum absolute atomic E-state index is 10.7. The second-order valence-corrected chi connectivity index (χ2v) is 4.78. The van der Waals surface area contributed by atoms with Crippen LogP contribution in [0.2, 0.25) is 0 Å². The Morgan fingerprint density at radius 3 is 2.78 bits per heavy atom. The van der Waals surface area contributed by atoms with Gasteiger partial charge in [-0.2, -0.15) is 0 Å². The van der Waals surface area contributed by atoms with Crippen LogP contribution in [-0.4, -0.2) is 46.7 Å². The minimum atomic E-state index is -0.824. The smallest absolute Gasteiger partial charge is 0.184 e. The average molecular weight is 258 g/mol. The first-order valence-electron chi connectivity index (χ1n) is 6.24. The maximum atomic E-state index is 10.7. The van der Waals surface area contributed by atoms with E-state index in [0.717, 1.165) is 0 Å². The second-order valence-electron chi connectivity index (χ2n) is 4.78. The molecule has 0 aliphatic carbocycles. The van der Waals surface area contributed by atoms with Crippen molar-refractivity contribution in [3.05, 3.63) is 12.2 Å². The number of ketones is 1. The Balaban J connectivity index is 2.39. The lowest BCUT2D eigenvalue weighted by atomic mass is 10.0. The van der Waals surface area contributed by atoms with Crippen molar-refractivity contribution in [1.29, 1.82) is 0 Å². The number of hydrogen-bond acceptors (Lipinski definition) is 5. The normalized spacial score (nSPS) is 34.7. The molecule has 2 N–H and O–H groups in total. The van der Waals surface area contributed by atoms with Gasteiger partial charge in [-0.3, -0.25) is 4.79 Å². The molecule has 1 aliphatic heterocycles. The number of carbonyl (C=O) groups excluding carboxylic acids is 1. The highest BCUT2D eigenvalue weighted by Gasteiger charge is 2.35. The van der Waals surface area contributed by atoms with Gasteiger partial charge in [0, 0.05) is 6.42 Å². The highest BCUT2D eigenvalue weighted by Crippen LogP contribution is 2.22. The monoisotopic (exact) mass is 258 g/mol. The molecule has 0 radical (unpaired) electrons. The number of allylic oxidation sites excluding steroid dienone is 1. The van der Waals surface area contributed by atoms with Crippen LogP contribution in [0, 0.1) is 0 Å². The van der Waals surface area contributed by atoms with Gasteiger partial charge in [0.2, 0.25) is 0 Å². The minimum absolute atomic E-state index is 0.00658. The lowest BCUT2D eigenvalue weighted by Crippen LogP contribution is -2.48. The molecule has 1 fully saturated rings. The summed E-state index contributed by atoms with van der Waals surface area (Å²) < 4.78 is 11.0. The van der Waals surface area contributed by atoms with E-state index in [0.29, 0.717) is 6.42 Å². The predicted octanol–water partition coefficient (Wildman–Crippen LogP) is 0.783. The Bertz CT molecular complexity index is 302. The Labute approximate surface area is 107 Å². The summed E-state index contributed by atoms with van der Waals surface area (Å²) in [6.45, 7) is 5.07. The summed E-state index contributed by atoms with van der Waals surface area (Å²) in [5.74, 6) is -0.00658. The molecular weight excluding hydrogens is 236 g/mol. The molecule has 0 aromatic rings. The van der Waals surface area contributed by atoms with E-state index in [1.807, 2.05) is 6.92 Å². The summed E-state index contributed by atoms with van der Waals surface area (Å²) in [6, 6.07) is 0. The van der Waals surface area contributed by atoms with Gasteiger partial charge in [0.1, 0.15) is 6.10 Å². The van der Waals surface area contributed by atoms with Crippen molar-refractivity contribution >= 4 is 5.78 Å². The molecule has 1 heterocycles. The van der Waals surface area contributed by atoms with Crippen LogP contribution < -0.4 is 0 Å². The molecule has 18 heavy (non-hydrogen) atoms. The van der Waals surface area contributed by atoms with Crippen LogP contribution in [0.25, 0.3) is 0 Å². The minimum Gasteiger partial charge on any atom is -0.390 e. The van der Waals surface area contributed by atoms with Gasteiger partial charge in [0.15, 0.2) is 12.1 Å². The second kappa shape index (κ2) is 6.99. The van der Waals surface area contributed by atoms with Gasteiger partial charge in [0.25, 0.3) is 0 Å². The zero-order chi connectivity index (χ0) is 13.7. The van der Waals surface area contributed by atoms with Gasteiger partial charge in [-0.15, -0.1) is 0 Å². The molecule has 5 atom stereocenters. The third-order valence-corrected chi connectivity index (χ3v) is 2.87. The first-order valence-corrected chi connectivity index (χ1v) is 6.24. The van der Waals surface area contributed by atoms with Gasteiger partial charge < -0.3 is 19.7 Å². The number of hydrogen-bond donors (Lipinski definition) is 2. The van der Waals surface area contributed by atoms with E-state index in [9.17, 15) is 15.0 Å². The molecule has 0 bridgehead atoms. The number of rotatable bonds is 5. The van der Waals surface area contributed by atoms with Crippen LogP contribution in [0.1, 0.15) is 33.6 Å². The van der Waals surface area contributed by atoms with E-state index in [4.69, 9.17) is 9.47 Å². The van der Waals surface area contributed by atoms with Crippen LogP contribution >= 0.6 is 0 Å². The van der Waals surface area contributed by atoms with Gasteiger partial charge in [0.05, 0.1) is 18.3 Å². The van der Waals surface area contributed by atoms with Crippen LogP contribution in [0.4, 0.5) is 0 Å². The third-order valence-electron chi connectivity index (χ3n) is 2.87. The summed E-state index contributed by atoms with van der Waals surface area (Å²) in [7, 11) is 0. The molecule has 1 rings (SSSR count). The van der Waals surface area contributed by atoms with Gasteiger partial charge >= 0.3 is 0 Å². The maximum Gasteiger partial charge on any atom is 0.184 e. The highest BCUT2D eigenvalue weighted by molar-refractivity contribution is 5.87. The van der Waals surface area contributed by atoms with E-state index in [2.05, 4.69) is 0 Å². The predicted molar refractivity (Wildman–Crippen MR) is 66.0 cm³/mol. The summed E-state index contributed by atoms with van der Waals surface area (Å²) in [6.07, 6.45) is 1.34. The molecule has 0 saturated carbocycles. The van der Waals surface area contributed by atoms with Gasteiger partial charge in [-0.05, 0) is 33.3 Å². The molecule has 0 aromatic heterocycles. The molecule has 2 unspecified atom stereocenters. The third kappa shape index (κ3) is 4.86.